The fraction of sp³-hybridized carbons (Fsp3) is 0.562. The molecule has 3 amide bonds. The number of nitrogens with zero attached hydrogens (tertiary/aromatic N) is 3. The highest BCUT2D eigenvalue weighted by atomic mass is 35.5. The van der Waals surface area contributed by atoms with Crippen LogP contribution < -0.4 is 10.1 Å². The number of hydrogen-bond acceptors (Lipinski definition) is 4. The van der Waals surface area contributed by atoms with Crippen LogP contribution in [0.2, 0.25) is 5.02 Å². The number of carbonyl (C=O) groups is 2. The van der Waals surface area contributed by atoms with Crippen molar-refractivity contribution in [2.75, 3.05) is 27.2 Å². The minimum absolute atomic E-state index is 0.0335. The van der Waals surface area contributed by atoms with Crippen molar-refractivity contribution in [2.45, 2.75) is 25.4 Å². The Hall–Kier alpha value is -2.02. The maximum absolute atomic E-state index is 12.5. The van der Waals surface area contributed by atoms with E-state index in [9.17, 15) is 9.59 Å². The summed E-state index contributed by atoms with van der Waals surface area (Å²) < 4.78 is 5.01. The van der Waals surface area contributed by atoms with E-state index in [0.717, 1.165) is 18.4 Å². The zero-order valence-electron chi connectivity index (χ0n) is 13.8. The number of amides is 3. The van der Waals surface area contributed by atoms with Gasteiger partial charge in [0, 0.05) is 32.9 Å². The third-order valence-corrected chi connectivity index (χ3v) is 4.97. The number of nitrogens with one attached hydrogen (secondary N) is 1. The van der Waals surface area contributed by atoms with Crippen molar-refractivity contribution in [3.8, 4) is 5.88 Å². The average molecular weight is 353 g/mol. The van der Waals surface area contributed by atoms with E-state index in [1.807, 2.05) is 0 Å². The minimum atomic E-state index is -0.153. The molecule has 2 saturated heterocycles. The van der Waals surface area contributed by atoms with E-state index in [1.165, 1.54) is 7.11 Å². The van der Waals surface area contributed by atoms with E-state index in [4.69, 9.17) is 16.3 Å². The van der Waals surface area contributed by atoms with Crippen LogP contribution >= 0.6 is 11.6 Å². The normalized spacial score (nSPS) is 23.2. The van der Waals surface area contributed by atoms with Crippen LogP contribution in [0.25, 0.3) is 0 Å². The van der Waals surface area contributed by atoms with Crippen molar-refractivity contribution < 1.29 is 14.3 Å². The Kier molecular flexibility index (Phi) is 4.80. The van der Waals surface area contributed by atoms with Crippen molar-refractivity contribution in [3.05, 3.63) is 22.8 Å². The molecule has 0 radical (unpaired) electrons. The van der Waals surface area contributed by atoms with Gasteiger partial charge in [-0.1, -0.05) is 11.6 Å². The van der Waals surface area contributed by atoms with Crippen LogP contribution in [0.1, 0.15) is 18.4 Å². The standard InChI is InChI=1S/C16H21ClN4O3/c1-20-9-13-11(15(20)22)4-3-5-21(13)16(23)19-8-10-6-12(17)14(24-2)18-7-10/h6-7,11,13H,3-5,8-9H2,1-2H3,(H,19,23)/t11-,13-/m1/s1. The molecule has 0 bridgehead atoms. The largest absolute Gasteiger partial charge is 0.480 e. The molecule has 2 fully saturated rings. The average Bonchev–Trinajstić information content (AvgIpc) is 2.87. The summed E-state index contributed by atoms with van der Waals surface area (Å²) >= 11 is 6.04. The molecule has 3 heterocycles. The van der Waals surface area contributed by atoms with E-state index in [2.05, 4.69) is 10.3 Å². The van der Waals surface area contributed by atoms with Crippen LogP contribution in [-0.4, -0.2) is 60.0 Å². The first-order valence-electron chi connectivity index (χ1n) is 7.99. The molecule has 8 heteroatoms. The lowest BCUT2D eigenvalue weighted by Gasteiger charge is -2.35. The number of urea groups is 1. The highest BCUT2D eigenvalue weighted by Crippen LogP contribution is 2.31. The fourth-order valence-corrected chi connectivity index (χ4v) is 3.73. The van der Waals surface area contributed by atoms with Crippen molar-refractivity contribution in [3.63, 3.8) is 0 Å². The molecular weight excluding hydrogens is 332 g/mol. The highest BCUT2D eigenvalue weighted by Gasteiger charge is 2.45. The molecule has 130 valence electrons. The van der Waals surface area contributed by atoms with Gasteiger partial charge in [0.05, 0.1) is 19.1 Å². The number of likely N-dealkylation sites (N-methyl/N-ethyl adjacent to an activating group) is 1. The fourth-order valence-electron chi connectivity index (χ4n) is 3.47. The second kappa shape index (κ2) is 6.84. The zero-order chi connectivity index (χ0) is 17.3. The van der Waals surface area contributed by atoms with Gasteiger partial charge in [0.15, 0.2) is 0 Å². The maximum atomic E-state index is 12.5. The van der Waals surface area contributed by atoms with Crippen molar-refractivity contribution in [2.24, 2.45) is 5.92 Å². The third kappa shape index (κ3) is 3.13. The number of aromatic nitrogens is 1. The number of methoxy groups -OCH3 is 1. The van der Waals surface area contributed by atoms with Crippen LogP contribution in [0.3, 0.4) is 0 Å². The number of pyridine rings is 1. The molecule has 0 aliphatic carbocycles. The van der Waals surface area contributed by atoms with Gasteiger partial charge in [-0.2, -0.15) is 0 Å². The molecule has 2 aliphatic heterocycles. The van der Waals surface area contributed by atoms with E-state index < -0.39 is 0 Å². The first kappa shape index (κ1) is 16.8. The van der Waals surface area contributed by atoms with Crippen LogP contribution in [0, 0.1) is 5.92 Å². The number of halogens is 1. The second-order valence-electron chi connectivity index (χ2n) is 6.22. The number of carbonyl (C=O) groups excluding carboxylic acids is 2. The molecule has 2 aliphatic rings. The first-order chi connectivity index (χ1) is 11.5. The number of rotatable bonds is 3. The predicted octanol–water partition coefficient (Wildman–Crippen LogP) is 1.51. The van der Waals surface area contributed by atoms with Gasteiger partial charge in [-0.25, -0.2) is 9.78 Å². The van der Waals surface area contributed by atoms with Gasteiger partial charge in [0.25, 0.3) is 0 Å². The van der Waals surface area contributed by atoms with Crippen LogP contribution in [-0.2, 0) is 11.3 Å². The highest BCUT2D eigenvalue weighted by molar-refractivity contribution is 6.31. The summed E-state index contributed by atoms with van der Waals surface area (Å²) in [7, 11) is 3.30. The number of ether oxygens (including phenoxy) is 1. The summed E-state index contributed by atoms with van der Waals surface area (Å²) in [5.74, 6) is 0.438. The van der Waals surface area contributed by atoms with E-state index in [1.54, 1.807) is 29.1 Å². The Morgan fingerprint density at radius 2 is 2.33 bits per heavy atom. The molecule has 1 aromatic rings. The molecule has 0 spiro atoms. The van der Waals surface area contributed by atoms with Crippen molar-refractivity contribution in [1.82, 2.24) is 20.1 Å². The van der Waals surface area contributed by atoms with Crippen LogP contribution in [0.5, 0.6) is 5.88 Å². The summed E-state index contributed by atoms with van der Waals surface area (Å²) in [5, 5.41) is 3.30. The summed E-state index contributed by atoms with van der Waals surface area (Å²) in [6.45, 7) is 1.61. The van der Waals surface area contributed by atoms with Gasteiger partial charge in [-0.05, 0) is 24.5 Å². The summed E-state index contributed by atoms with van der Waals surface area (Å²) in [6.07, 6.45) is 3.33. The predicted molar refractivity (Wildman–Crippen MR) is 88.9 cm³/mol. The molecule has 1 aromatic heterocycles. The van der Waals surface area contributed by atoms with Gasteiger partial charge in [0.2, 0.25) is 11.8 Å². The SMILES string of the molecule is COc1ncc(CNC(=O)N2CCC[C@H]3C(=O)N(C)C[C@H]32)cc1Cl. The van der Waals surface area contributed by atoms with Gasteiger partial charge < -0.3 is 19.9 Å². The minimum Gasteiger partial charge on any atom is -0.480 e. The van der Waals surface area contributed by atoms with Crippen LogP contribution in [0.4, 0.5) is 4.79 Å². The van der Waals surface area contributed by atoms with E-state index in [-0.39, 0.29) is 23.9 Å². The summed E-state index contributed by atoms with van der Waals surface area (Å²) in [6, 6.07) is 1.54. The topological polar surface area (TPSA) is 74.8 Å². The zero-order valence-corrected chi connectivity index (χ0v) is 14.5. The lowest BCUT2D eigenvalue weighted by Crippen LogP contribution is -2.52. The Bertz CT molecular complexity index is 654. The lowest BCUT2D eigenvalue weighted by molar-refractivity contribution is -0.130. The Morgan fingerprint density at radius 3 is 3.04 bits per heavy atom. The monoisotopic (exact) mass is 352 g/mol. The molecule has 3 rings (SSSR count). The first-order valence-corrected chi connectivity index (χ1v) is 8.37. The molecule has 0 saturated carbocycles. The Balaban J connectivity index is 1.62. The van der Waals surface area contributed by atoms with Crippen molar-refractivity contribution in [1.29, 1.82) is 0 Å². The lowest BCUT2D eigenvalue weighted by atomic mass is 9.92. The van der Waals surface area contributed by atoms with E-state index >= 15 is 0 Å². The number of piperidine rings is 1. The number of fused-ring (bicyclic) bond motifs is 1. The smallest absolute Gasteiger partial charge is 0.318 e. The summed E-state index contributed by atoms with van der Waals surface area (Å²) in [4.78, 5) is 32.3. The second-order valence-corrected chi connectivity index (χ2v) is 6.63. The van der Waals surface area contributed by atoms with Gasteiger partial charge in [-0.3, -0.25) is 4.79 Å². The molecule has 24 heavy (non-hydrogen) atoms. The maximum Gasteiger partial charge on any atom is 0.318 e. The molecular formula is C16H21ClN4O3. The molecule has 1 N–H and O–H groups in total. The van der Waals surface area contributed by atoms with Gasteiger partial charge in [0.1, 0.15) is 5.02 Å². The number of likely N-dealkylation sites (tertiary alicyclic amines) is 2. The Morgan fingerprint density at radius 1 is 1.54 bits per heavy atom. The van der Waals surface area contributed by atoms with Crippen molar-refractivity contribution >= 4 is 23.5 Å². The molecule has 0 unspecified atom stereocenters. The molecule has 0 aromatic carbocycles. The van der Waals surface area contributed by atoms with Gasteiger partial charge in [-0.15, -0.1) is 0 Å². The quantitative estimate of drug-likeness (QED) is 0.894. The number of hydrogen-bond donors (Lipinski definition) is 1. The molecule has 2 atom stereocenters. The molecule has 7 nitrogen and oxygen atoms in total. The van der Waals surface area contributed by atoms with Crippen LogP contribution in [0.15, 0.2) is 12.3 Å². The van der Waals surface area contributed by atoms with E-state index in [0.29, 0.717) is 30.5 Å². The third-order valence-electron chi connectivity index (χ3n) is 4.70. The summed E-state index contributed by atoms with van der Waals surface area (Å²) in [5.41, 5.74) is 0.794. The van der Waals surface area contributed by atoms with Gasteiger partial charge >= 0.3 is 6.03 Å². The Labute approximate surface area is 145 Å².